The predicted molar refractivity (Wildman–Crippen MR) is 85.3 cm³/mol. The molecule has 0 saturated heterocycles. The Hall–Kier alpha value is -2.21. The number of urea groups is 1. The molecule has 0 unspecified atom stereocenters. The van der Waals surface area contributed by atoms with Crippen molar-refractivity contribution in [3.05, 3.63) is 35.0 Å². The molecule has 0 bridgehead atoms. The van der Waals surface area contributed by atoms with Crippen molar-refractivity contribution in [2.45, 2.75) is 19.3 Å². The molecule has 7 heteroatoms. The molecular weight excluding hydrogens is 306 g/mol. The molecule has 118 valence electrons. The number of hydrogen-bond acceptors (Lipinski definition) is 2. The molecule has 22 heavy (non-hydrogen) atoms. The summed E-state index contributed by atoms with van der Waals surface area (Å²) in [4.78, 5) is 25.0. The van der Waals surface area contributed by atoms with E-state index in [1.807, 2.05) is 24.4 Å². The first-order valence-corrected chi connectivity index (χ1v) is 7.43. The minimum absolute atomic E-state index is 0.0520. The molecule has 0 atom stereocenters. The highest BCUT2D eigenvalue weighted by molar-refractivity contribution is 6.31. The fourth-order valence-electron chi connectivity index (χ4n) is 2.17. The summed E-state index contributed by atoms with van der Waals surface area (Å²) in [7, 11) is 0. The summed E-state index contributed by atoms with van der Waals surface area (Å²) in [5.41, 5.74) is 2.10. The Morgan fingerprint density at radius 3 is 2.77 bits per heavy atom. The van der Waals surface area contributed by atoms with Gasteiger partial charge < -0.3 is 20.7 Å². The summed E-state index contributed by atoms with van der Waals surface area (Å²) in [6, 6.07) is 5.36. The highest BCUT2D eigenvalue weighted by Gasteiger charge is 2.05. The Bertz CT molecular complexity index is 669. The Balaban J connectivity index is 1.74. The quantitative estimate of drug-likeness (QED) is 0.590. The van der Waals surface area contributed by atoms with Gasteiger partial charge in [-0.2, -0.15) is 0 Å². The monoisotopic (exact) mass is 323 g/mol. The second kappa shape index (κ2) is 7.70. The molecule has 0 radical (unpaired) electrons. The lowest BCUT2D eigenvalue weighted by molar-refractivity contribution is -0.137. The molecule has 0 aliphatic rings. The number of fused-ring (bicyclic) bond motifs is 1. The van der Waals surface area contributed by atoms with E-state index in [0.717, 1.165) is 16.5 Å². The standard InChI is InChI=1S/C15H18ClN3O3/c16-11-3-4-13-12(8-11)10(9-19-13)5-7-18-15(22)17-6-1-2-14(20)21/h3-4,8-9,19H,1-2,5-7H2,(H,20,21)(H2,17,18,22). The van der Waals surface area contributed by atoms with Gasteiger partial charge in [-0.1, -0.05) is 11.6 Å². The average molecular weight is 324 g/mol. The Morgan fingerprint density at radius 1 is 1.23 bits per heavy atom. The number of carbonyl (C=O) groups excluding carboxylic acids is 1. The number of aromatic nitrogens is 1. The van der Waals surface area contributed by atoms with Crippen LogP contribution in [0.2, 0.25) is 5.02 Å². The largest absolute Gasteiger partial charge is 0.481 e. The van der Waals surface area contributed by atoms with Crippen molar-refractivity contribution >= 4 is 34.5 Å². The Kier molecular flexibility index (Phi) is 5.66. The van der Waals surface area contributed by atoms with Gasteiger partial charge in [0.05, 0.1) is 0 Å². The van der Waals surface area contributed by atoms with Crippen molar-refractivity contribution < 1.29 is 14.7 Å². The van der Waals surface area contributed by atoms with Gasteiger partial charge in [0.25, 0.3) is 0 Å². The number of nitrogens with one attached hydrogen (secondary N) is 3. The van der Waals surface area contributed by atoms with Crippen molar-refractivity contribution in [2.75, 3.05) is 13.1 Å². The summed E-state index contributed by atoms with van der Waals surface area (Å²) in [6.45, 7) is 0.838. The van der Waals surface area contributed by atoms with E-state index in [2.05, 4.69) is 15.6 Å². The van der Waals surface area contributed by atoms with Crippen LogP contribution in [0.15, 0.2) is 24.4 Å². The van der Waals surface area contributed by atoms with Gasteiger partial charge in [0.1, 0.15) is 0 Å². The topological polar surface area (TPSA) is 94.2 Å². The van der Waals surface area contributed by atoms with Gasteiger partial charge in [0.15, 0.2) is 0 Å². The zero-order valence-corrected chi connectivity index (χ0v) is 12.7. The van der Waals surface area contributed by atoms with Gasteiger partial charge in [0, 0.05) is 41.6 Å². The molecule has 2 rings (SSSR count). The number of aromatic amines is 1. The molecule has 0 aliphatic carbocycles. The number of rotatable bonds is 7. The van der Waals surface area contributed by atoms with Crippen LogP contribution in [0.25, 0.3) is 10.9 Å². The average Bonchev–Trinajstić information content (AvgIpc) is 2.86. The smallest absolute Gasteiger partial charge is 0.314 e. The van der Waals surface area contributed by atoms with Crippen LogP contribution < -0.4 is 10.6 Å². The third kappa shape index (κ3) is 4.66. The van der Waals surface area contributed by atoms with E-state index in [9.17, 15) is 9.59 Å². The molecule has 1 heterocycles. The number of H-pyrrole nitrogens is 1. The SMILES string of the molecule is O=C(O)CCCNC(=O)NCCc1c[nH]c2ccc(Cl)cc12. The van der Waals surface area contributed by atoms with E-state index in [4.69, 9.17) is 16.7 Å². The van der Waals surface area contributed by atoms with Crippen LogP contribution in [-0.2, 0) is 11.2 Å². The normalized spacial score (nSPS) is 10.6. The van der Waals surface area contributed by atoms with E-state index >= 15 is 0 Å². The lowest BCUT2D eigenvalue weighted by atomic mass is 10.1. The zero-order chi connectivity index (χ0) is 15.9. The molecule has 0 fully saturated rings. The maximum atomic E-state index is 11.5. The highest BCUT2D eigenvalue weighted by Crippen LogP contribution is 2.22. The van der Waals surface area contributed by atoms with Crippen LogP contribution in [-0.4, -0.2) is 35.2 Å². The van der Waals surface area contributed by atoms with Crippen LogP contribution in [0.5, 0.6) is 0 Å². The van der Waals surface area contributed by atoms with Crippen LogP contribution in [0.4, 0.5) is 4.79 Å². The first-order valence-electron chi connectivity index (χ1n) is 7.05. The molecule has 0 saturated carbocycles. The lowest BCUT2D eigenvalue weighted by Gasteiger charge is -2.06. The van der Waals surface area contributed by atoms with Crippen molar-refractivity contribution in [1.29, 1.82) is 0 Å². The molecule has 0 aliphatic heterocycles. The molecule has 1 aromatic carbocycles. The summed E-state index contributed by atoms with van der Waals surface area (Å²) in [5.74, 6) is -0.861. The molecule has 2 aromatic rings. The van der Waals surface area contributed by atoms with Crippen molar-refractivity contribution in [2.24, 2.45) is 0 Å². The van der Waals surface area contributed by atoms with Gasteiger partial charge in [0.2, 0.25) is 0 Å². The van der Waals surface area contributed by atoms with Crippen molar-refractivity contribution in [1.82, 2.24) is 15.6 Å². The van der Waals surface area contributed by atoms with E-state index in [-0.39, 0.29) is 12.5 Å². The van der Waals surface area contributed by atoms with E-state index < -0.39 is 5.97 Å². The van der Waals surface area contributed by atoms with Crippen LogP contribution in [0.1, 0.15) is 18.4 Å². The van der Waals surface area contributed by atoms with Crippen molar-refractivity contribution in [3.63, 3.8) is 0 Å². The minimum Gasteiger partial charge on any atom is -0.481 e. The van der Waals surface area contributed by atoms with Gasteiger partial charge in [-0.25, -0.2) is 4.79 Å². The van der Waals surface area contributed by atoms with Gasteiger partial charge in [-0.3, -0.25) is 4.79 Å². The van der Waals surface area contributed by atoms with Crippen LogP contribution in [0.3, 0.4) is 0 Å². The molecule has 4 N–H and O–H groups in total. The Morgan fingerprint density at radius 2 is 2.00 bits per heavy atom. The number of aliphatic carboxylic acids is 1. The Labute approximate surface area is 132 Å². The number of hydrogen-bond donors (Lipinski definition) is 4. The predicted octanol–water partition coefficient (Wildman–Crippen LogP) is 2.53. The summed E-state index contributed by atoms with van der Waals surface area (Å²) >= 11 is 5.99. The number of amides is 2. The second-order valence-electron chi connectivity index (χ2n) is 4.93. The lowest BCUT2D eigenvalue weighted by Crippen LogP contribution is -2.37. The molecule has 2 amide bonds. The number of halogens is 1. The van der Waals surface area contributed by atoms with Gasteiger partial charge in [-0.05, 0) is 36.6 Å². The molecule has 6 nitrogen and oxygen atoms in total. The maximum absolute atomic E-state index is 11.5. The van der Waals surface area contributed by atoms with Crippen LogP contribution >= 0.6 is 11.6 Å². The number of benzene rings is 1. The van der Waals surface area contributed by atoms with Gasteiger partial charge >= 0.3 is 12.0 Å². The fraction of sp³-hybridized carbons (Fsp3) is 0.333. The fourth-order valence-corrected chi connectivity index (χ4v) is 2.34. The summed E-state index contributed by atoms with van der Waals surface area (Å²) in [6.07, 6.45) is 3.07. The summed E-state index contributed by atoms with van der Waals surface area (Å²) in [5, 5.41) is 15.6. The van der Waals surface area contributed by atoms with Crippen molar-refractivity contribution in [3.8, 4) is 0 Å². The zero-order valence-electron chi connectivity index (χ0n) is 12.0. The molecular formula is C15H18ClN3O3. The second-order valence-corrected chi connectivity index (χ2v) is 5.37. The number of carboxylic acid groups (broad SMARTS) is 1. The summed E-state index contributed by atoms with van der Waals surface area (Å²) < 4.78 is 0. The molecule has 1 aromatic heterocycles. The first kappa shape index (κ1) is 16.2. The maximum Gasteiger partial charge on any atom is 0.314 e. The van der Waals surface area contributed by atoms with E-state index in [1.165, 1.54) is 0 Å². The third-order valence-corrected chi connectivity index (χ3v) is 3.50. The third-order valence-electron chi connectivity index (χ3n) is 3.26. The first-order chi connectivity index (χ1) is 10.6. The molecule has 0 spiro atoms. The van der Waals surface area contributed by atoms with E-state index in [1.54, 1.807) is 0 Å². The van der Waals surface area contributed by atoms with Gasteiger partial charge in [-0.15, -0.1) is 0 Å². The number of carbonyl (C=O) groups is 2. The highest BCUT2D eigenvalue weighted by atomic mass is 35.5. The van der Waals surface area contributed by atoms with Crippen LogP contribution in [0, 0.1) is 0 Å². The van der Waals surface area contributed by atoms with E-state index in [0.29, 0.717) is 31.0 Å². The number of carboxylic acids is 1. The minimum atomic E-state index is -0.861.